The molecule has 86 valence electrons. The molecule has 1 aliphatic heterocycles. The normalized spacial score (nSPS) is 23.4. The first-order valence-corrected chi connectivity index (χ1v) is 5.31. The van der Waals surface area contributed by atoms with Gasteiger partial charge in [0.1, 0.15) is 5.60 Å². The van der Waals surface area contributed by atoms with Crippen molar-refractivity contribution in [2.75, 3.05) is 6.54 Å². The predicted molar refractivity (Wildman–Crippen MR) is 59.1 cm³/mol. The quantitative estimate of drug-likeness (QED) is 0.798. The summed E-state index contributed by atoms with van der Waals surface area (Å²) < 4.78 is 0. The maximum Gasteiger partial charge on any atom is 0.407 e. The average molecular weight is 221 g/mol. The number of aliphatic hydroxyl groups is 1. The fraction of sp³-hybridized carbons (Fsp3) is 0.417. The van der Waals surface area contributed by atoms with Crippen LogP contribution in [-0.2, 0) is 5.60 Å². The van der Waals surface area contributed by atoms with Crippen LogP contribution in [0.1, 0.15) is 18.9 Å². The van der Waals surface area contributed by atoms with Gasteiger partial charge in [0.2, 0.25) is 0 Å². The first kappa shape index (κ1) is 11.0. The second-order valence-corrected chi connectivity index (χ2v) is 4.29. The number of likely N-dealkylation sites (tertiary alicyclic amines) is 1. The predicted octanol–water partition coefficient (Wildman–Crippen LogP) is 1.65. The van der Waals surface area contributed by atoms with E-state index in [1.807, 2.05) is 30.3 Å². The lowest BCUT2D eigenvalue weighted by atomic mass is 9.81. The van der Waals surface area contributed by atoms with Crippen molar-refractivity contribution in [3.8, 4) is 0 Å². The van der Waals surface area contributed by atoms with Gasteiger partial charge in [-0.3, -0.25) is 0 Å². The van der Waals surface area contributed by atoms with Gasteiger partial charge in [0.05, 0.1) is 6.04 Å². The van der Waals surface area contributed by atoms with Crippen LogP contribution in [0.15, 0.2) is 30.3 Å². The number of hydrogen-bond donors (Lipinski definition) is 2. The van der Waals surface area contributed by atoms with E-state index in [0.29, 0.717) is 13.0 Å². The summed E-state index contributed by atoms with van der Waals surface area (Å²) in [5.41, 5.74) is -0.358. The molecule has 16 heavy (non-hydrogen) atoms. The second kappa shape index (κ2) is 3.79. The largest absolute Gasteiger partial charge is 0.465 e. The Bertz CT molecular complexity index is 389. The SMILES string of the molecule is CC(O)(c1ccccc1)C1CCN1C(=O)O. The molecule has 1 amide bonds. The second-order valence-electron chi connectivity index (χ2n) is 4.29. The number of amides is 1. The zero-order chi connectivity index (χ0) is 11.8. The van der Waals surface area contributed by atoms with Gasteiger partial charge in [-0.15, -0.1) is 0 Å². The molecule has 2 unspecified atom stereocenters. The summed E-state index contributed by atoms with van der Waals surface area (Å²) in [6.45, 7) is 2.17. The Kier molecular flexibility index (Phi) is 2.59. The molecule has 2 atom stereocenters. The molecule has 0 radical (unpaired) electrons. The summed E-state index contributed by atoms with van der Waals surface area (Å²) in [4.78, 5) is 12.2. The van der Waals surface area contributed by atoms with E-state index in [2.05, 4.69) is 0 Å². The highest BCUT2D eigenvalue weighted by atomic mass is 16.4. The molecule has 2 N–H and O–H groups in total. The van der Waals surface area contributed by atoms with Gasteiger partial charge in [0.15, 0.2) is 0 Å². The molecular formula is C12H15NO3. The van der Waals surface area contributed by atoms with Crippen LogP contribution in [0.2, 0.25) is 0 Å². The molecule has 1 aliphatic rings. The Morgan fingerprint density at radius 3 is 2.50 bits per heavy atom. The van der Waals surface area contributed by atoms with Crippen LogP contribution < -0.4 is 0 Å². The number of nitrogens with zero attached hydrogens (tertiary/aromatic N) is 1. The van der Waals surface area contributed by atoms with Gasteiger partial charge >= 0.3 is 6.09 Å². The summed E-state index contributed by atoms with van der Waals surface area (Å²) >= 11 is 0. The minimum absolute atomic E-state index is 0.340. The van der Waals surface area contributed by atoms with E-state index in [1.165, 1.54) is 4.90 Å². The third-order valence-corrected chi connectivity index (χ3v) is 3.27. The zero-order valence-electron chi connectivity index (χ0n) is 9.13. The standard InChI is InChI=1S/C12H15NO3/c1-12(16,9-5-3-2-4-6-9)10-7-8-13(10)11(14)15/h2-6,10,16H,7-8H2,1H3,(H,14,15). The van der Waals surface area contributed by atoms with Gasteiger partial charge in [0.25, 0.3) is 0 Å². The van der Waals surface area contributed by atoms with Crippen LogP contribution in [0.25, 0.3) is 0 Å². The van der Waals surface area contributed by atoms with Crippen molar-refractivity contribution in [1.29, 1.82) is 0 Å². The molecule has 1 aromatic rings. The molecule has 1 fully saturated rings. The molecule has 2 rings (SSSR count). The lowest BCUT2D eigenvalue weighted by molar-refractivity contribution is -0.0741. The highest BCUT2D eigenvalue weighted by Crippen LogP contribution is 2.35. The molecule has 0 aliphatic carbocycles. The molecule has 0 saturated carbocycles. The van der Waals surface area contributed by atoms with E-state index >= 15 is 0 Å². The lowest BCUT2D eigenvalue weighted by Crippen LogP contribution is -2.59. The van der Waals surface area contributed by atoms with Crippen LogP contribution >= 0.6 is 0 Å². The lowest BCUT2D eigenvalue weighted by Gasteiger charge is -2.47. The topological polar surface area (TPSA) is 60.8 Å². The minimum atomic E-state index is -1.11. The van der Waals surface area contributed by atoms with Gasteiger partial charge in [-0.2, -0.15) is 0 Å². The fourth-order valence-corrected chi connectivity index (χ4v) is 2.17. The molecule has 4 nitrogen and oxygen atoms in total. The van der Waals surface area contributed by atoms with Gasteiger partial charge in [0, 0.05) is 6.54 Å². The Labute approximate surface area is 94.1 Å². The molecule has 1 saturated heterocycles. The number of carboxylic acid groups (broad SMARTS) is 1. The average Bonchev–Trinajstić information content (AvgIpc) is 2.15. The van der Waals surface area contributed by atoms with E-state index in [9.17, 15) is 9.90 Å². The molecule has 4 heteroatoms. The van der Waals surface area contributed by atoms with Crippen LogP contribution in [-0.4, -0.2) is 33.8 Å². The van der Waals surface area contributed by atoms with Crippen molar-refractivity contribution in [2.45, 2.75) is 25.0 Å². The number of benzene rings is 1. The Balaban J connectivity index is 2.23. The summed E-state index contributed by atoms with van der Waals surface area (Å²) in [6.07, 6.45) is -0.263. The molecule has 0 aromatic heterocycles. The maximum absolute atomic E-state index is 10.9. The van der Waals surface area contributed by atoms with Crippen molar-refractivity contribution in [3.05, 3.63) is 35.9 Å². The van der Waals surface area contributed by atoms with Crippen LogP contribution in [0, 0.1) is 0 Å². The summed E-state index contributed by atoms with van der Waals surface area (Å²) in [7, 11) is 0. The van der Waals surface area contributed by atoms with Crippen molar-refractivity contribution >= 4 is 6.09 Å². The van der Waals surface area contributed by atoms with E-state index in [1.54, 1.807) is 6.92 Å². The Morgan fingerprint density at radius 1 is 1.44 bits per heavy atom. The summed E-state index contributed by atoms with van der Waals surface area (Å²) in [6, 6.07) is 8.85. The number of hydrogen-bond acceptors (Lipinski definition) is 2. The first-order chi connectivity index (χ1) is 7.53. The van der Waals surface area contributed by atoms with Crippen molar-refractivity contribution in [2.24, 2.45) is 0 Å². The third kappa shape index (κ3) is 1.65. The van der Waals surface area contributed by atoms with Crippen LogP contribution in [0.3, 0.4) is 0 Å². The maximum atomic E-state index is 10.9. The van der Waals surface area contributed by atoms with Gasteiger partial charge in [-0.25, -0.2) is 4.79 Å². The minimum Gasteiger partial charge on any atom is -0.465 e. The van der Waals surface area contributed by atoms with E-state index in [0.717, 1.165) is 5.56 Å². The van der Waals surface area contributed by atoms with Crippen molar-refractivity contribution in [3.63, 3.8) is 0 Å². The van der Waals surface area contributed by atoms with Crippen LogP contribution in [0.4, 0.5) is 4.79 Å². The molecule has 0 spiro atoms. The fourth-order valence-electron chi connectivity index (χ4n) is 2.17. The van der Waals surface area contributed by atoms with E-state index < -0.39 is 11.7 Å². The van der Waals surface area contributed by atoms with E-state index in [-0.39, 0.29) is 6.04 Å². The monoisotopic (exact) mass is 221 g/mol. The smallest absolute Gasteiger partial charge is 0.407 e. The van der Waals surface area contributed by atoms with Gasteiger partial charge < -0.3 is 15.1 Å². The zero-order valence-corrected chi connectivity index (χ0v) is 9.13. The summed E-state index contributed by atoms with van der Waals surface area (Å²) in [5, 5.41) is 19.3. The molecular weight excluding hydrogens is 206 g/mol. The Hall–Kier alpha value is -1.55. The van der Waals surface area contributed by atoms with Gasteiger partial charge in [-0.1, -0.05) is 30.3 Å². The number of carbonyl (C=O) groups is 1. The van der Waals surface area contributed by atoms with Gasteiger partial charge in [-0.05, 0) is 18.9 Å². The summed E-state index contributed by atoms with van der Waals surface area (Å²) in [5.74, 6) is 0. The Morgan fingerprint density at radius 2 is 2.06 bits per heavy atom. The molecule has 1 heterocycles. The first-order valence-electron chi connectivity index (χ1n) is 5.31. The number of rotatable bonds is 2. The van der Waals surface area contributed by atoms with Crippen molar-refractivity contribution in [1.82, 2.24) is 4.90 Å². The molecule has 0 bridgehead atoms. The molecule has 1 aromatic carbocycles. The van der Waals surface area contributed by atoms with E-state index in [4.69, 9.17) is 5.11 Å². The third-order valence-electron chi connectivity index (χ3n) is 3.27. The highest BCUT2D eigenvalue weighted by Gasteiger charge is 2.45. The van der Waals surface area contributed by atoms with Crippen LogP contribution in [0.5, 0.6) is 0 Å². The highest BCUT2D eigenvalue weighted by molar-refractivity contribution is 5.67. The van der Waals surface area contributed by atoms with Crippen molar-refractivity contribution < 1.29 is 15.0 Å².